The lowest BCUT2D eigenvalue weighted by Crippen LogP contribution is -2.67. The molecule has 0 aromatic rings. The molecule has 8 heteroatoms. The Hall–Kier alpha value is -2.64. The normalized spacial score (nSPS) is 32.6. The zero-order chi connectivity index (χ0) is 26.5. The highest BCUT2D eigenvalue weighted by Gasteiger charge is 2.68. The molecule has 200 valence electrons. The molecule has 4 aliphatic rings. The highest BCUT2D eigenvalue weighted by Crippen LogP contribution is 2.69. The first kappa shape index (κ1) is 27.9. The van der Waals surface area contributed by atoms with Crippen molar-refractivity contribution in [1.29, 1.82) is 0 Å². The Kier molecular flexibility index (Phi) is 8.67. The maximum atomic E-state index is 12.8. The van der Waals surface area contributed by atoms with Gasteiger partial charge in [-0.3, -0.25) is 9.59 Å². The van der Waals surface area contributed by atoms with E-state index in [9.17, 15) is 19.2 Å². The zero-order valence-corrected chi connectivity index (χ0v) is 22.1. The Bertz CT molecular complexity index is 831. The van der Waals surface area contributed by atoms with Gasteiger partial charge in [0.05, 0.1) is 13.2 Å². The summed E-state index contributed by atoms with van der Waals surface area (Å²) in [6.07, 6.45) is 11.6. The minimum Gasteiger partial charge on any atom is -0.463 e. The van der Waals surface area contributed by atoms with Crippen molar-refractivity contribution in [2.45, 2.75) is 103 Å². The molecular formula is C28H40O8. The van der Waals surface area contributed by atoms with Crippen LogP contribution in [0.4, 0.5) is 0 Å². The van der Waals surface area contributed by atoms with Crippen molar-refractivity contribution >= 4 is 23.9 Å². The number of rotatable bonds is 12. The average Bonchev–Trinajstić information content (AvgIpc) is 2.71. The van der Waals surface area contributed by atoms with E-state index in [1.54, 1.807) is 26.0 Å². The Balaban J connectivity index is 1.57. The van der Waals surface area contributed by atoms with Crippen LogP contribution >= 0.6 is 0 Å². The van der Waals surface area contributed by atoms with E-state index in [4.69, 9.17) is 18.9 Å². The van der Waals surface area contributed by atoms with Gasteiger partial charge in [0.25, 0.3) is 0 Å². The van der Waals surface area contributed by atoms with Gasteiger partial charge in [0.1, 0.15) is 11.2 Å². The number of ether oxygens (including phenoxy) is 4. The summed E-state index contributed by atoms with van der Waals surface area (Å²) in [6, 6.07) is 0. The maximum Gasteiger partial charge on any atom is 0.330 e. The van der Waals surface area contributed by atoms with Gasteiger partial charge in [0, 0.05) is 31.4 Å². The predicted octanol–water partition coefficient (Wildman–Crippen LogP) is 4.74. The molecule has 0 aromatic heterocycles. The monoisotopic (exact) mass is 504 g/mol. The van der Waals surface area contributed by atoms with Crippen LogP contribution in [0.1, 0.15) is 91.9 Å². The molecular weight excluding hydrogens is 464 g/mol. The van der Waals surface area contributed by atoms with Gasteiger partial charge in [-0.2, -0.15) is 0 Å². The van der Waals surface area contributed by atoms with Crippen molar-refractivity contribution in [1.82, 2.24) is 0 Å². The summed E-state index contributed by atoms with van der Waals surface area (Å²) in [7, 11) is 0. The maximum absolute atomic E-state index is 12.8. The molecule has 4 bridgehead atoms. The Morgan fingerprint density at radius 1 is 0.639 bits per heavy atom. The molecule has 0 radical (unpaired) electrons. The van der Waals surface area contributed by atoms with E-state index < -0.39 is 23.1 Å². The van der Waals surface area contributed by atoms with Crippen LogP contribution in [0, 0.1) is 10.8 Å². The quantitative estimate of drug-likeness (QED) is 0.162. The van der Waals surface area contributed by atoms with Gasteiger partial charge >= 0.3 is 23.9 Å². The highest BCUT2D eigenvalue weighted by molar-refractivity contribution is 5.82. The van der Waals surface area contributed by atoms with Crippen LogP contribution in [-0.4, -0.2) is 48.3 Å². The van der Waals surface area contributed by atoms with Crippen molar-refractivity contribution in [3.05, 3.63) is 24.3 Å². The molecule has 0 amide bonds. The minimum atomic E-state index is -0.654. The second kappa shape index (κ2) is 11.2. The third-order valence-corrected chi connectivity index (χ3v) is 7.30. The second-order valence-electron chi connectivity index (χ2n) is 11.5. The number of hydrogen-bond donors (Lipinski definition) is 0. The van der Waals surface area contributed by atoms with Gasteiger partial charge < -0.3 is 18.9 Å². The molecule has 4 fully saturated rings. The molecule has 0 heterocycles. The summed E-state index contributed by atoms with van der Waals surface area (Å²) >= 11 is 0. The van der Waals surface area contributed by atoms with Crippen LogP contribution in [0.25, 0.3) is 0 Å². The summed E-state index contributed by atoms with van der Waals surface area (Å²) in [5, 5.41) is 0. The number of carbonyl (C=O) groups is 4. The third kappa shape index (κ3) is 7.20. The van der Waals surface area contributed by atoms with Crippen LogP contribution in [0.5, 0.6) is 0 Å². The smallest absolute Gasteiger partial charge is 0.330 e. The van der Waals surface area contributed by atoms with E-state index in [-0.39, 0.29) is 48.8 Å². The average molecular weight is 505 g/mol. The van der Waals surface area contributed by atoms with Crippen LogP contribution in [0.3, 0.4) is 0 Å². The standard InChI is InChI=1S/C28H40O8/c1-5-9-21(29)33-13-7-11-23(31)35-27-16-25(3)15-26(4,17-27)19-28(18-25,20-27)36-24(32)12-8-14-34-22(30)10-6-2/h5-6,9-10H,7-8,11-20H2,1-4H3. The van der Waals surface area contributed by atoms with Gasteiger partial charge in [-0.05, 0) is 69.6 Å². The first-order valence-corrected chi connectivity index (χ1v) is 13.0. The van der Waals surface area contributed by atoms with Gasteiger partial charge in [0.2, 0.25) is 0 Å². The van der Waals surface area contributed by atoms with Crippen LogP contribution in [0.2, 0.25) is 0 Å². The highest BCUT2D eigenvalue weighted by atomic mass is 16.6. The number of carbonyl (C=O) groups excluding carboxylic acids is 4. The fourth-order valence-electron chi connectivity index (χ4n) is 7.43. The van der Waals surface area contributed by atoms with E-state index in [2.05, 4.69) is 13.8 Å². The predicted molar refractivity (Wildman–Crippen MR) is 132 cm³/mol. The molecule has 0 aliphatic heterocycles. The van der Waals surface area contributed by atoms with Crippen molar-refractivity contribution in [2.75, 3.05) is 13.2 Å². The molecule has 4 saturated carbocycles. The van der Waals surface area contributed by atoms with Crippen molar-refractivity contribution in [3.8, 4) is 0 Å². The van der Waals surface area contributed by atoms with E-state index >= 15 is 0 Å². The van der Waals surface area contributed by atoms with Crippen LogP contribution in [0.15, 0.2) is 24.3 Å². The summed E-state index contributed by atoms with van der Waals surface area (Å²) < 4.78 is 22.4. The first-order chi connectivity index (χ1) is 16.9. The third-order valence-electron chi connectivity index (χ3n) is 7.30. The van der Waals surface area contributed by atoms with Crippen LogP contribution < -0.4 is 0 Å². The molecule has 36 heavy (non-hydrogen) atoms. The SMILES string of the molecule is CC=CC(=O)OCCCC(=O)OC12CC3(C)CC(C)(C1)CC(OC(=O)CCCOC(=O)C=CC)(C3)C2. The molecule has 0 atom stereocenters. The van der Waals surface area contributed by atoms with E-state index in [0.29, 0.717) is 19.3 Å². The fraction of sp³-hybridized carbons (Fsp3) is 0.714. The lowest BCUT2D eigenvalue weighted by atomic mass is 9.42. The largest absolute Gasteiger partial charge is 0.463 e. The summed E-state index contributed by atoms with van der Waals surface area (Å²) in [6.45, 7) is 8.19. The number of hydrogen-bond acceptors (Lipinski definition) is 8. The first-order valence-electron chi connectivity index (χ1n) is 13.0. The molecule has 0 spiro atoms. The minimum absolute atomic E-state index is 0.0753. The van der Waals surface area contributed by atoms with Gasteiger partial charge in [-0.15, -0.1) is 0 Å². The Morgan fingerprint density at radius 2 is 1.03 bits per heavy atom. The fourth-order valence-corrected chi connectivity index (χ4v) is 7.43. The van der Waals surface area contributed by atoms with Crippen molar-refractivity contribution in [2.24, 2.45) is 10.8 Å². The Morgan fingerprint density at radius 3 is 1.39 bits per heavy atom. The lowest BCUT2D eigenvalue weighted by molar-refractivity contribution is -0.267. The van der Waals surface area contributed by atoms with Crippen molar-refractivity contribution in [3.63, 3.8) is 0 Å². The molecule has 0 unspecified atom stereocenters. The Labute approximate surface area is 213 Å². The van der Waals surface area contributed by atoms with Crippen molar-refractivity contribution < 1.29 is 38.1 Å². The number of esters is 4. The molecule has 0 saturated heterocycles. The second-order valence-corrected chi connectivity index (χ2v) is 11.5. The summed E-state index contributed by atoms with van der Waals surface area (Å²) in [5.41, 5.74) is -1.46. The van der Waals surface area contributed by atoms with E-state index in [1.807, 2.05) is 0 Å². The lowest BCUT2D eigenvalue weighted by Gasteiger charge is -2.67. The van der Waals surface area contributed by atoms with Gasteiger partial charge in [0.15, 0.2) is 0 Å². The van der Waals surface area contributed by atoms with Gasteiger partial charge in [-0.25, -0.2) is 9.59 Å². The molecule has 0 N–H and O–H groups in total. The molecule has 4 rings (SSSR count). The topological polar surface area (TPSA) is 105 Å². The van der Waals surface area contributed by atoms with E-state index in [0.717, 1.165) is 32.1 Å². The summed E-state index contributed by atoms with van der Waals surface area (Å²) in [4.78, 5) is 48.4. The van der Waals surface area contributed by atoms with Gasteiger partial charge in [-0.1, -0.05) is 26.0 Å². The molecule has 8 nitrogen and oxygen atoms in total. The molecule has 0 aromatic carbocycles. The summed E-state index contributed by atoms with van der Waals surface area (Å²) in [5.74, 6) is -1.47. The molecule has 4 aliphatic carbocycles. The van der Waals surface area contributed by atoms with Crippen LogP contribution in [-0.2, 0) is 38.1 Å². The van der Waals surface area contributed by atoms with E-state index in [1.165, 1.54) is 12.2 Å². The number of allylic oxidation sites excluding steroid dienone is 2. The zero-order valence-electron chi connectivity index (χ0n) is 22.1.